The predicted octanol–water partition coefficient (Wildman–Crippen LogP) is 1.99. The highest BCUT2D eigenvalue weighted by atomic mass is 16.7. The van der Waals surface area contributed by atoms with Gasteiger partial charge in [0.2, 0.25) is 6.79 Å². The molecule has 0 radical (unpaired) electrons. The van der Waals surface area contributed by atoms with Gasteiger partial charge in [-0.3, -0.25) is 4.79 Å². The van der Waals surface area contributed by atoms with E-state index in [1.54, 1.807) is 18.2 Å². The van der Waals surface area contributed by atoms with Crippen LogP contribution in [-0.2, 0) is 16.1 Å². The fourth-order valence-corrected chi connectivity index (χ4v) is 2.47. The number of hydrogen-bond donors (Lipinski definition) is 2. The first-order valence-electron chi connectivity index (χ1n) is 8.22. The van der Waals surface area contributed by atoms with E-state index in [2.05, 4.69) is 5.32 Å². The Kier molecular flexibility index (Phi) is 5.35. The van der Waals surface area contributed by atoms with E-state index in [-0.39, 0.29) is 24.7 Å². The Morgan fingerprint density at radius 2 is 1.96 bits per heavy atom. The maximum atomic E-state index is 12.2. The van der Waals surface area contributed by atoms with Crippen molar-refractivity contribution in [1.82, 2.24) is 5.32 Å². The number of fused-ring (bicyclic) bond motifs is 1. The molecule has 142 valence electrons. The van der Waals surface area contributed by atoms with Crippen molar-refractivity contribution in [3.05, 3.63) is 47.5 Å². The van der Waals surface area contributed by atoms with E-state index in [1.807, 2.05) is 0 Å². The standard InChI is InChI=1S/C19H19NO7/c1-11(27-19(23)14-8-13(24-2)4-5-15(14)21)18(22)20-9-12-3-6-16-17(7-12)26-10-25-16/h3-8,11,21H,9-10H2,1-2H3,(H,20,22)/t11-/m0/s1. The van der Waals surface area contributed by atoms with Gasteiger partial charge in [0.1, 0.15) is 17.1 Å². The number of hydrogen-bond acceptors (Lipinski definition) is 7. The Balaban J connectivity index is 1.56. The summed E-state index contributed by atoms with van der Waals surface area (Å²) in [6.07, 6.45) is -1.04. The molecule has 0 aliphatic carbocycles. The van der Waals surface area contributed by atoms with Gasteiger partial charge in [0.15, 0.2) is 17.6 Å². The molecule has 0 bridgehead atoms. The number of phenols is 1. The van der Waals surface area contributed by atoms with Crippen molar-refractivity contribution in [2.75, 3.05) is 13.9 Å². The van der Waals surface area contributed by atoms with E-state index < -0.39 is 18.0 Å². The van der Waals surface area contributed by atoms with Crippen LogP contribution in [0.2, 0.25) is 0 Å². The number of esters is 1. The number of nitrogens with one attached hydrogen (secondary N) is 1. The molecule has 27 heavy (non-hydrogen) atoms. The normalized spacial score (nSPS) is 13.0. The molecule has 8 heteroatoms. The minimum absolute atomic E-state index is 0.0789. The van der Waals surface area contributed by atoms with Crippen molar-refractivity contribution in [3.8, 4) is 23.0 Å². The van der Waals surface area contributed by atoms with Gasteiger partial charge in [0.25, 0.3) is 5.91 Å². The number of amides is 1. The Morgan fingerprint density at radius 3 is 2.74 bits per heavy atom. The molecule has 8 nitrogen and oxygen atoms in total. The summed E-state index contributed by atoms with van der Waals surface area (Å²) in [6.45, 7) is 1.86. The molecular weight excluding hydrogens is 354 g/mol. The molecule has 0 aromatic heterocycles. The zero-order valence-electron chi connectivity index (χ0n) is 14.9. The lowest BCUT2D eigenvalue weighted by atomic mass is 10.2. The lowest BCUT2D eigenvalue weighted by Crippen LogP contribution is -2.35. The van der Waals surface area contributed by atoms with Crippen molar-refractivity contribution < 1.29 is 33.6 Å². The van der Waals surface area contributed by atoms with Crippen LogP contribution in [0.1, 0.15) is 22.8 Å². The predicted molar refractivity (Wildman–Crippen MR) is 93.9 cm³/mol. The average molecular weight is 373 g/mol. The molecule has 1 aliphatic heterocycles. The zero-order chi connectivity index (χ0) is 19.4. The minimum atomic E-state index is -1.04. The smallest absolute Gasteiger partial charge is 0.342 e. The van der Waals surface area contributed by atoms with Crippen LogP contribution in [0.3, 0.4) is 0 Å². The highest BCUT2D eigenvalue weighted by molar-refractivity contribution is 5.95. The van der Waals surface area contributed by atoms with Gasteiger partial charge in [-0.2, -0.15) is 0 Å². The molecule has 0 unspecified atom stereocenters. The molecule has 0 fully saturated rings. The van der Waals surface area contributed by atoms with E-state index in [1.165, 1.54) is 32.2 Å². The van der Waals surface area contributed by atoms with E-state index in [4.69, 9.17) is 18.9 Å². The van der Waals surface area contributed by atoms with Crippen molar-refractivity contribution in [1.29, 1.82) is 0 Å². The van der Waals surface area contributed by atoms with Gasteiger partial charge in [-0.05, 0) is 42.8 Å². The average Bonchev–Trinajstić information content (AvgIpc) is 3.14. The maximum Gasteiger partial charge on any atom is 0.342 e. The second-order valence-corrected chi connectivity index (χ2v) is 5.84. The molecule has 0 saturated carbocycles. The molecule has 1 aliphatic rings. The summed E-state index contributed by atoms with van der Waals surface area (Å²) in [5, 5.41) is 12.5. The van der Waals surface area contributed by atoms with E-state index >= 15 is 0 Å². The number of methoxy groups -OCH3 is 1. The summed E-state index contributed by atoms with van der Waals surface area (Å²) < 4.78 is 20.7. The van der Waals surface area contributed by atoms with Crippen LogP contribution in [0, 0.1) is 0 Å². The summed E-state index contributed by atoms with van der Waals surface area (Å²) in [5.41, 5.74) is 0.737. The molecule has 3 rings (SSSR count). The number of phenolic OH excluding ortho intramolecular Hbond substituents is 1. The molecule has 0 spiro atoms. The van der Waals surface area contributed by atoms with E-state index in [9.17, 15) is 14.7 Å². The first-order valence-corrected chi connectivity index (χ1v) is 8.22. The summed E-state index contributed by atoms with van der Waals surface area (Å²) in [5.74, 6) is 0.120. The maximum absolute atomic E-state index is 12.2. The third-order valence-corrected chi connectivity index (χ3v) is 3.98. The lowest BCUT2D eigenvalue weighted by molar-refractivity contribution is -0.129. The highest BCUT2D eigenvalue weighted by Crippen LogP contribution is 2.32. The van der Waals surface area contributed by atoms with Gasteiger partial charge in [-0.25, -0.2) is 4.79 Å². The van der Waals surface area contributed by atoms with Gasteiger partial charge in [-0.1, -0.05) is 6.07 Å². The van der Waals surface area contributed by atoms with Gasteiger partial charge >= 0.3 is 5.97 Å². The molecule has 1 amide bonds. The summed E-state index contributed by atoms with van der Waals surface area (Å²) in [7, 11) is 1.44. The number of benzene rings is 2. The Bertz CT molecular complexity index is 865. The van der Waals surface area contributed by atoms with Crippen LogP contribution in [0.25, 0.3) is 0 Å². The summed E-state index contributed by atoms with van der Waals surface area (Å²) in [4.78, 5) is 24.4. The third kappa shape index (κ3) is 4.22. The van der Waals surface area contributed by atoms with Gasteiger partial charge in [0, 0.05) is 6.54 Å². The minimum Gasteiger partial charge on any atom is -0.507 e. The number of carbonyl (C=O) groups excluding carboxylic acids is 2. The van der Waals surface area contributed by atoms with Crippen molar-refractivity contribution in [2.24, 2.45) is 0 Å². The zero-order valence-corrected chi connectivity index (χ0v) is 14.9. The number of rotatable bonds is 6. The summed E-state index contributed by atoms with van der Waals surface area (Å²) >= 11 is 0. The molecule has 2 N–H and O–H groups in total. The van der Waals surface area contributed by atoms with Gasteiger partial charge in [0.05, 0.1) is 7.11 Å². The Morgan fingerprint density at radius 1 is 1.19 bits per heavy atom. The van der Waals surface area contributed by atoms with Crippen LogP contribution >= 0.6 is 0 Å². The molecule has 1 atom stereocenters. The first kappa shape index (κ1) is 18.4. The van der Waals surface area contributed by atoms with Crippen molar-refractivity contribution >= 4 is 11.9 Å². The quantitative estimate of drug-likeness (QED) is 0.747. The van der Waals surface area contributed by atoms with Crippen LogP contribution < -0.4 is 19.5 Å². The van der Waals surface area contributed by atoms with E-state index in [0.29, 0.717) is 17.2 Å². The Hall–Kier alpha value is -3.42. The summed E-state index contributed by atoms with van der Waals surface area (Å²) in [6, 6.07) is 9.51. The second-order valence-electron chi connectivity index (χ2n) is 5.84. The fourth-order valence-electron chi connectivity index (χ4n) is 2.47. The Labute approximate surface area is 155 Å². The van der Waals surface area contributed by atoms with Crippen LogP contribution in [0.4, 0.5) is 0 Å². The van der Waals surface area contributed by atoms with Gasteiger partial charge < -0.3 is 29.4 Å². The molecule has 2 aromatic rings. The highest BCUT2D eigenvalue weighted by Gasteiger charge is 2.21. The van der Waals surface area contributed by atoms with E-state index in [0.717, 1.165) is 5.56 Å². The number of ether oxygens (including phenoxy) is 4. The van der Waals surface area contributed by atoms with Crippen molar-refractivity contribution in [2.45, 2.75) is 19.6 Å². The molecule has 2 aromatic carbocycles. The fraction of sp³-hybridized carbons (Fsp3) is 0.263. The first-order chi connectivity index (χ1) is 13.0. The third-order valence-electron chi connectivity index (χ3n) is 3.98. The number of aromatic hydroxyl groups is 1. The van der Waals surface area contributed by atoms with Crippen molar-refractivity contribution in [3.63, 3.8) is 0 Å². The van der Waals surface area contributed by atoms with Crippen LogP contribution in [-0.4, -0.2) is 37.0 Å². The van der Waals surface area contributed by atoms with Crippen LogP contribution in [0.15, 0.2) is 36.4 Å². The lowest BCUT2D eigenvalue weighted by Gasteiger charge is -2.14. The van der Waals surface area contributed by atoms with Crippen LogP contribution in [0.5, 0.6) is 23.0 Å². The molecule has 1 heterocycles. The second kappa shape index (κ2) is 7.86. The molecular formula is C19H19NO7. The molecule has 0 saturated heterocycles. The SMILES string of the molecule is COc1ccc(O)c(C(=O)O[C@@H](C)C(=O)NCc2ccc3c(c2)OCO3)c1. The number of carbonyl (C=O) groups is 2. The van der Waals surface area contributed by atoms with Gasteiger partial charge in [-0.15, -0.1) is 0 Å². The topological polar surface area (TPSA) is 103 Å². The monoisotopic (exact) mass is 373 g/mol. The largest absolute Gasteiger partial charge is 0.507 e.